The largest absolute Gasteiger partial charge is 0.339 e. The molecule has 0 bridgehead atoms. The number of rotatable bonds is 5. The molecular weight excluding hydrogens is 403 g/mol. The molecule has 1 aromatic carbocycles. The number of hydrogen-bond donors (Lipinski definition) is 2. The van der Waals surface area contributed by atoms with E-state index in [-0.39, 0.29) is 18.9 Å². The van der Waals surface area contributed by atoms with Gasteiger partial charge in [0, 0.05) is 56.6 Å². The molecule has 0 unspecified atom stereocenters. The van der Waals surface area contributed by atoms with Crippen LogP contribution in [0.3, 0.4) is 0 Å². The van der Waals surface area contributed by atoms with Gasteiger partial charge in [-0.05, 0) is 24.3 Å². The second kappa shape index (κ2) is 9.57. The molecule has 10 heteroatoms. The standard InChI is InChI=1S/C18H20Cl2N6O2/c19-13-2-3-15(14(20)12-13)24-18(28)23-7-4-16(27)25-8-10-26(11-9-25)17-21-5-1-6-22-17/h1-3,5-6,12H,4,7-11H2,(H2,23,24,28). The van der Waals surface area contributed by atoms with Crippen molar-refractivity contribution in [1.82, 2.24) is 20.2 Å². The lowest BCUT2D eigenvalue weighted by Gasteiger charge is -2.34. The lowest BCUT2D eigenvalue weighted by molar-refractivity contribution is -0.131. The van der Waals surface area contributed by atoms with E-state index in [0.717, 1.165) is 0 Å². The van der Waals surface area contributed by atoms with Gasteiger partial charge in [0.15, 0.2) is 0 Å². The van der Waals surface area contributed by atoms with Crippen LogP contribution in [0.5, 0.6) is 0 Å². The molecule has 8 nitrogen and oxygen atoms in total. The average molecular weight is 423 g/mol. The number of carbonyl (C=O) groups is 2. The van der Waals surface area contributed by atoms with Crippen molar-refractivity contribution in [3.05, 3.63) is 46.7 Å². The smallest absolute Gasteiger partial charge is 0.319 e. The molecule has 0 aliphatic carbocycles. The van der Waals surface area contributed by atoms with Crippen LogP contribution in [0.2, 0.25) is 10.0 Å². The first kappa shape index (κ1) is 20.2. The Balaban J connectivity index is 1.38. The van der Waals surface area contributed by atoms with Gasteiger partial charge in [-0.3, -0.25) is 4.79 Å². The number of urea groups is 1. The molecule has 2 N–H and O–H groups in total. The lowest BCUT2D eigenvalue weighted by Crippen LogP contribution is -2.49. The van der Waals surface area contributed by atoms with Gasteiger partial charge in [-0.1, -0.05) is 23.2 Å². The van der Waals surface area contributed by atoms with Crippen molar-refractivity contribution >= 4 is 46.8 Å². The summed E-state index contributed by atoms with van der Waals surface area (Å²) in [7, 11) is 0. The first-order valence-electron chi connectivity index (χ1n) is 8.82. The quantitative estimate of drug-likeness (QED) is 0.772. The Kier molecular flexibility index (Phi) is 6.89. The lowest BCUT2D eigenvalue weighted by atomic mass is 10.3. The van der Waals surface area contributed by atoms with Crippen molar-refractivity contribution in [1.29, 1.82) is 0 Å². The predicted molar refractivity (Wildman–Crippen MR) is 109 cm³/mol. The van der Waals surface area contributed by atoms with Gasteiger partial charge >= 0.3 is 6.03 Å². The van der Waals surface area contributed by atoms with Crippen LogP contribution < -0.4 is 15.5 Å². The van der Waals surface area contributed by atoms with Crippen molar-refractivity contribution in [3.63, 3.8) is 0 Å². The molecule has 1 saturated heterocycles. The molecule has 2 heterocycles. The average Bonchev–Trinajstić information content (AvgIpc) is 2.71. The van der Waals surface area contributed by atoms with Gasteiger partial charge in [-0.15, -0.1) is 0 Å². The van der Waals surface area contributed by atoms with E-state index >= 15 is 0 Å². The second-order valence-corrected chi connectivity index (χ2v) is 7.02. The van der Waals surface area contributed by atoms with Crippen LogP contribution in [0, 0.1) is 0 Å². The molecule has 0 saturated carbocycles. The topological polar surface area (TPSA) is 90.5 Å². The van der Waals surface area contributed by atoms with Crippen LogP contribution in [0.15, 0.2) is 36.7 Å². The maximum absolute atomic E-state index is 12.3. The van der Waals surface area contributed by atoms with Crippen LogP contribution in [-0.4, -0.2) is 59.5 Å². The summed E-state index contributed by atoms with van der Waals surface area (Å²) in [4.78, 5) is 36.6. The summed E-state index contributed by atoms with van der Waals surface area (Å²) in [6, 6.07) is 6.14. The first-order valence-corrected chi connectivity index (χ1v) is 9.58. The highest BCUT2D eigenvalue weighted by Crippen LogP contribution is 2.25. The molecular formula is C18H20Cl2N6O2. The number of hydrogen-bond acceptors (Lipinski definition) is 5. The van der Waals surface area contributed by atoms with Crippen molar-refractivity contribution in [2.45, 2.75) is 6.42 Å². The fraction of sp³-hybridized carbons (Fsp3) is 0.333. The van der Waals surface area contributed by atoms with E-state index in [1.165, 1.54) is 0 Å². The molecule has 148 valence electrons. The maximum Gasteiger partial charge on any atom is 0.319 e. The molecule has 28 heavy (non-hydrogen) atoms. The van der Waals surface area contributed by atoms with Gasteiger partial charge in [0.2, 0.25) is 11.9 Å². The Hall–Kier alpha value is -2.58. The summed E-state index contributed by atoms with van der Waals surface area (Å²) in [6.07, 6.45) is 3.63. The number of carbonyl (C=O) groups excluding carboxylic acids is 2. The van der Waals surface area contributed by atoms with Gasteiger partial charge in [0.25, 0.3) is 0 Å². The molecule has 1 aliphatic rings. The van der Waals surface area contributed by atoms with Crippen LogP contribution in [-0.2, 0) is 4.79 Å². The minimum atomic E-state index is -0.428. The van der Waals surface area contributed by atoms with E-state index in [4.69, 9.17) is 23.2 Å². The third-order valence-electron chi connectivity index (χ3n) is 4.27. The predicted octanol–water partition coefficient (Wildman–Crippen LogP) is 2.64. The number of nitrogens with one attached hydrogen (secondary N) is 2. The molecule has 1 aromatic heterocycles. The third kappa shape index (κ3) is 5.46. The maximum atomic E-state index is 12.3. The molecule has 0 spiro atoms. The van der Waals surface area contributed by atoms with Crippen molar-refractivity contribution in [2.24, 2.45) is 0 Å². The number of amides is 3. The van der Waals surface area contributed by atoms with E-state index in [2.05, 4.69) is 20.6 Å². The van der Waals surface area contributed by atoms with Crippen LogP contribution in [0.1, 0.15) is 6.42 Å². The zero-order chi connectivity index (χ0) is 19.9. The normalized spacial score (nSPS) is 13.9. The van der Waals surface area contributed by atoms with Gasteiger partial charge < -0.3 is 20.4 Å². The minimum Gasteiger partial charge on any atom is -0.339 e. The molecule has 3 rings (SSSR count). The number of nitrogens with zero attached hydrogens (tertiary/aromatic N) is 4. The zero-order valence-corrected chi connectivity index (χ0v) is 16.6. The molecule has 1 aliphatic heterocycles. The fourth-order valence-corrected chi connectivity index (χ4v) is 3.26. The Morgan fingerprint density at radius 2 is 1.79 bits per heavy atom. The van der Waals surface area contributed by atoms with E-state index < -0.39 is 6.03 Å². The van der Waals surface area contributed by atoms with Crippen LogP contribution in [0.4, 0.5) is 16.4 Å². The van der Waals surface area contributed by atoms with E-state index in [1.54, 1.807) is 41.6 Å². The summed E-state index contributed by atoms with van der Waals surface area (Å²) < 4.78 is 0. The Morgan fingerprint density at radius 3 is 2.46 bits per heavy atom. The fourth-order valence-electron chi connectivity index (χ4n) is 2.81. The number of benzene rings is 1. The van der Waals surface area contributed by atoms with E-state index in [9.17, 15) is 9.59 Å². The van der Waals surface area contributed by atoms with Gasteiger partial charge in [0.1, 0.15) is 0 Å². The highest BCUT2D eigenvalue weighted by Gasteiger charge is 2.22. The summed E-state index contributed by atoms with van der Waals surface area (Å²) in [5.41, 5.74) is 0.453. The van der Waals surface area contributed by atoms with Crippen LogP contribution in [0.25, 0.3) is 0 Å². The highest BCUT2D eigenvalue weighted by atomic mass is 35.5. The third-order valence-corrected chi connectivity index (χ3v) is 4.82. The summed E-state index contributed by atoms with van der Waals surface area (Å²) >= 11 is 11.8. The minimum absolute atomic E-state index is 0.00143. The Labute approximate surface area is 172 Å². The van der Waals surface area contributed by atoms with Gasteiger partial charge in [-0.2, -0.15) is 0 Å². The van der Waals surface area contributed by atoms with E-state index in [0.29, 0.717) is 47.9 Å². The van der Waals surface area contributed by atoms with Crippen LogP contribution >= 0.6 is 23.2 Å². The van der Waals surface area contributed by atoms with Crippen molar-refractivity contribution < 1.29 is 9.59 Å². The van der Waals surface area contributed by atoms with Gasteiger partial charge in [-0.25, -0.2) is 14.8 Å². The number of aromatic nitrogens is 2. The zero-order valence-electron chi connectivity index (χ0n) is 15.1. The monoisotopic (exact) mass is 422 g/mol. The Morgan fingerprint density at radius 1 is 1.07 bits per heavy atom. The summed E-state index contributed by atoms with van der Waals surface area (Å²) in [5.74, 6) is 0.673. The molecule has 1 fully saturated rings. The SMILES string of the molecule is O=C(NCCC(=O)N1CCN(c2ncccn2)CC1)Nc1ccc(Cl)cc1Cl. The summed E-state index contributed by atoms with van der Waals surface area (Å²) in [6.45, 7) is 2.79. The van der Waals surface area contributed by atoms with Crippen molar-refractivity contribution in [2.75, 3.05) is 42.9 Å². The second-order valence-electron chi connectivity index (χ2n) is 6.17. The molecule has 2 aromatic rings. The number of halogens is 2. The summed E-state index contributed by atoms with van der Waals surface area (Å²) in [5, 5.41) is 6.12. The molecule has 0 radical (unpaired) electrons. The number of piperazine rings is 1. The van der Waals surface area contributed by atoms with Crippen molar-refractivity contribution in [3.8, 4) is 0 Å². The molecule has 0 atom stereocenters. The number of anilines is 2. The molecule has 3 amide bonds. The Bertz CT molecular complexity index is 828. The van der Waals surface area contributed by atoms with Gasteiger partial charge in [0.05, 0.1) is 10.7 Å². The van der Waals surface area contributed by atoms with E-state index in [1.807, 2.05) is 4.90 Å². The highest BCUT2D eigenvalue weighted by molar-refractivity contribution is 6.36. The first-order chi connectivity index (χ1) is 13.5.